The zero-order chi connectivity index (χ0) is 14.5. The predicted octanol–water partition coefficient (Wildman–Crippen LogP) is 3.71. The van der Waals surface area contributed by atoms with E-state index in [0.29, 0.717) is 18.4 Å². The number of phenolic OH excluding ortho intramolecular Hbond substituents is 1. The number of ether oxygens (including phenoxy) is 1. The highest BCUT2D eigenvalue weighted by molar-refractivity contribution is 5.41. The molecular formula is C17H27NO2. The number of phenols is 1. The van der Waals surface area contributed by atoms with E-state index in [1.165, 1.54) is 19.3 Å². The first kappa shape index (κ1) is 15.2. The molecule has 0 amide bonds. The first-order valence-electron chi connectivity index (χ1n) is 7.80. The van der Waals surface area contributed by atoms with Gasteiger partial charge in [-0.2, -0.15) is 0 Å². The molecule has 3 atom stereocenters. The molecule has 0 radical (unpaired) electrons. The third-order valence-electron chi connectivity index (χ3n) is 4.60. The van der Waals surface area contributed by atoms with Crippen LogP contribution in [0.5, 0.6) is 11.5 Å². The van der Waals surface area contributed by atoms with Crippen molar-refractivity contribution in [1.82, 2.24) is 5.32 Å². The van der Waals surface area contributed by atoms with Gasteiger partial charge in [0.2, 0.25) is 0 Å². The lowest BCUT2D eigenvalue weighted by Gasteiger charge is -2.34. The van der Waals surface area contributed by atoms with Crippen molar-refractivity contribution in [2.24, 2.45) is 11.8 Å². The maximum absolute atomic E-state index is 9.71. The third kappa shape index (κ3) is 3.66. The highest BCUT2D eigenvalue weighted by Gasteiger charge is 2.26. The van der Waals surface area contributed by atoms with Crippen LogP contribution in [0.2, 0.25) is 0 Å². The maximum Gasteiger partial charge on any atom is 0.161 e. The summed E-state index contributed by atoms with van der Waals surface area (Å²) in [6, 6.07) is 6.21. The summed E-state index contributed by atoms with van der Waals surface area (Å²) in [5, 5.41) is 13.4. The number of nitrogens with one attached hydrogen (secondary N) is 1. The summed E-state index contributed by atoms with van der Waals surface area (Å²) in [5.41, 5.74) is 1.16. The highest BCUT2D eigenvalue weighted by Crippen LogP contribution is 2.30. The van der Waals surface area contributed by atoms with Gasteiger partial charge in [-0.15, -0.1) is 0 Å². The van der Waals surface area contributed by atoms with Gasteiger partial charge in [-0.1, -0.05) is 32.8 Å². The lowest BCUT2D eigenvalue weighted by molar-refractivity contribution is 0.206. The molecule has 3 heteroatoms. The van der Waals surface area contributed by atoms with E-state index in [4.69, 9.17) is 4.74 Å². The lowest BCUT2D eigenvalue weighted by Crippen LogP contribution is -2.40. The number of rotatable bonds is 5. The molecule has 0 aliphatic heterocycles. The van der Waals surface area contributed by atoms with Crippen LogP contribution in [0.3, 0.4) is 0 Å². The van der Waals surface area contributed by atoms with Crippen molar-refractivity contribution in [2.75, 3.05) is 6.61 Å². The molecular weight excluding hydrogens is 250 g/mol. The van der Waals surface area contributed by atoms with Crippen LogP contribution in [0.1, 0.15) is 45.6 Å². The van der Waals surface area contributed by atoms with E-state index in [0.717, 1.165) is 23.9 Å². The molecule has 3 nitrogen and oxygen atoms in total. The van der Waals surface area contributed by atoms with E-state index in [1.807, 2.05) is 19.1 Å². The Morgan fingerprint density at radius 1 is 1.30 bits per heavy atom. The fourth-order valence-electron chi connectivity index (χ4n) is 3.06. The molecule has 3 unspecified atom stereocenters. The van der Waals surface area contributed by atoms with Crippen molar-refractivity contribution in [1.29, 1.82) is 0 Å². The number of hydrogen-bond acceptors (Lipinski definition) is 3. The molecule has 2 rings (SSSR count). The Balaban J connectivity index is 1.95. The Hall–Kier alpha value is -1.22. The first-order valence-corrected chi connectivity index (χ1v) is 7.80. The maximum atomic E-state index is 9.71. The second-order valence-electron chi connectivity index (χ2n) is 5.99. The molecule has 1 aliphatic carbocycles. The standard InChI is InChI=1S/C17H27NO2/c1-4-20-17-10-14(8-9-16(17)19)11-18-15-7-5-6-12(2)13(15)3/h8-10,12-13,15,18-19H,4-7,11H2,1-3H3. The Bertz CT molecular complexity index is 433. The van der Waals surface area contributed by atoms with Gasteiger partial charge in [0.25, 0.3) is 0 Å². The third-order valence-corrected chi connectivity index (χ3v) is 4.60. The van der Waals surface area contributed by atoms with Crippen molar-refractivity contribution in [3.05, 3.63) is 23.8 Å². The SMILES string of the molecule is CCOc1cc(CNC2CCCC(C)C2C)ccc1O. The van der Waals surface area contributed by atoms with Gasteiger partial charge in [0.15, 0.2) is 11.5 Å². The van der Waals surface area contributed by atoms with Crippen LogP contribution in [-0.4, -0.2) is 17.8 Å². The fraction of sp³-hybridized carbons (Fsp3) is 0.647. The van der Waals surface area contributed by atoms with E-state index in [2.05, 4.69) is 19.2 Å². The van der Waals surface area contributed by atoms with Gasteiger partial charge >= 0.3 is 0 Å². The zero-order valence-corrected chi connectivity index (χ0v) is 12.9. The molecule has 0 spiro atoms. The molecule has 1 fully saturated rings. The summed E-state index contributed by atoms with van der Waals surface area (Å²) in [6.07, 6.45) is 3.94. The Morgan fingerprint density at radius 3 is 2.85 bits per heavy atom. The topological polar surface area (TPSA) is 41.5 Å². The molecule has 2 N–H and O–H groups in total. The fourth-order valence-corrected chi connectivity index (χ4v) is 3.06. The van der Waals surface area contributed by atoms with Gasteiger partial charge in [-0.3, -0.25) is 0 Å². The molecule has 1 aromatic rings. The number of aromatic hydroxyl groups is 1. The second kappa shape index (κ2) is 6.98. The van der Waals surface area contributed by atoms with Crippen LogP contribution >= 0.6 is 0 Å². The predicted molar refractivity (Wildman–Crippen MR) is 82.1 cm³/mol. The van der Waals surface area contributed by atoms with Gasteiger partial charge in [0.1, 0.15) is 0 Å². The summed E-state index contributed by atoms with van der Waals surface area (Å²) in [7, 11) is 0. The minimum absolute atomic E-state index is 0.218. The van der Waals surface area contributed by atoms with Crippen LogP contribution in [0.15, 0.2) is 18.2 Å². The molecule has 0 heterocycles. The first-order chi connectivity index (χ1) is 9.61. The van der Waals surface area contributed by atoms with Crippen LogP contribution in [0.4, 0.5) is 0 Å². The monoisotopic (exact) mass is 277 g/mol. The number of hydrogen-bond donors (Lipinski definition) is 2. The van der Waals surface area contributed by atoms with E-state index >= 15 is 0 Å². The average Bonchev–Trinajstić information content (AvgIpc) is 2.44. The van der Waals surface area contributed by atoms with E-state index in [-0.39, 0.29) is 5.75 Å². The molecule has 0 bridgehead atoms. The van der Waals surface area contributed by atoms with Gasteiger partial charge in [0, 0.05) is 12.6 Å². The minimum atomic E-state index is 0.218. The quantitative estimate of drug-likeness (QED) is 0.862. The minimum Gasteiger partial charge on any atom is -0.504 e. The van der Waals surface area contributed by atoms with Crippen LogP contribution in [0.25, 0.3) is 0 Å². The van der Waals surface area contributed by atoms with Gasteiger partial charge in [0.05, 0.1) is 6.61 Å². The summed E-state index contributed by atoms with van der Waals surface area (Å²) < 4.78 is 5.43. The van der Waals surface area contributed by atoms with Gasteiger partial charge in [-0.05, 0) is 42.9 Å². The van der Waals surface area contributed by atoms with Crippen molar-refractivity contribution in [3.8, 4) is 11.5 Å². The van der Waals surface area contributed by atoms with Crippen molar-refractivity contribution in [2.45, 2.75) is 52.6 Å². The summed E-state index contributed by atoms with van der Waals surface area (Å²) >= 11 is 0. The van der Waals surface area contributed by atoms with Crippen molar-refractivity contribution < 1.29 is 9.84 Å². The Kier molecular flexibility index (Phi) is 5.30. The van der Waals surface area contributed by atoms with Crippen molar-refractivity contribution >= 4 is 0 Å². The normalized spacial score (nSPS) is 26.4. The van der Waals surface area contributed by atoms with Crippen LogP contribution in [0, 0.1) is 11.8 Å². The zero-order valence-electron chi connectivity index (χ0n) is 12.9. The molecule has 20 heavy (non-hydrogen) atoms. The summed E-state index contributed by atoms with van der Waals surface area (Å²) in [5.74, 6) is 2.33. The lowest BCUT2D eigenvalue weighted by atomic mass is 9.78. The smallest absolute Gasteiger partial charge is 0.161 e. The van der Waals surface area contributed by atoms with E-state index < -0.39 is 0 Å². The van der Waals surface area contributed by atoms with E-state index in [1.54, 1.807) is 6.07 Å². The van der Waals surface area contributed by atoms with Gasteiger partial charge in [-0.25, -0.2) is 0 Å². The molecule has 112 valence electrons. The summed E-state index contributed by atoms with van der Waals surface area (Å²) in [4.78, 5) is 0. The molecule has 0 aromatic heterocycles. The molecule has 1 aromatic carbocycles. The Morgan fingerprint density at radius 2 is 2.10 bits per heavy atom. The van der Waals surface area contributed by atoms with Crippen LogP contribution in [-0.2, 0) is 6.54 Å². The average molecular weight is 277 g/mol. The number of benzene rings is 1. The van der Waals surface area contributed by atoms with Gasteiger partial charge < -0.3 is 15.2 Å². The largest absolute Gasteiger partial charge is 0.504 e. The van der Waals surface area contributed by atoms with Crippen LogP contribution < -0.4 is 10.1 Å². The Labute approximate surface area is 122 Å². The molecule has 1 aliphatic rings. The van der Waals surface area contributed by atoms with Crippen molar-refractivity contribution in [3.63, 3.8) is 0 Å². The molecule has 1 saturated carbocycles. The molecule has 0 saturated heterocycles. The second-order valence-corrected chi connectivity index (χ2v) is 5.99. The van der Waals surface area contributed by atoms with E-state index in [9.17, 15) is 5.11 Å². The summed E-state index contributed by atoms with van der Waals surface area (Å²) in [6.45, 7) is 8.04. The highest BCUT2D eigenvalue weighted by atomic mass is 16.5.